The minimum Gasteiger partial charge on any atom is -0.444 e. The number of nitrogens with zero attached hydrogens (tertiary/aromatic N) is 5. The van der Waals surface area contributed by atoms with Gasteiger partial charge in [0.1, 0.15) is 5.60 Å². The maximum absolute atomic E-state index is 12.4. The number of aromatic amines is 1. The summed E-state index contributed by atoms with van der Waals surface area (Å²) >= 11 is 6.54. The van der Waals surface area contributed by atoms with E-state index in [0.29, 0.717) is 22.9 Å². The largest absolute Gasteiger partial charge is 0.444 e. The number of aromatic nitrogens is 3. The van der Waals surface area contributed by atoms with Gasteiger partial charge in [0, 0.05) is 61.4 Å². The average Bonchev–Trinajstić information content (AvgIpc) is 3.65. The average molecular weight is 636 g/mol. The molecule has 9 nitrogen and oxygen atoms in total. The molecule has 244 valence electrons. The van der Waals surface area contributed by atoms with E-state index in [-0.39, 0.29) is 6.09 Å². The van der Waals surface area contributed by atoms with E-state index < -0.39 is 5.60 Å². The number of nitrogens with one attached hydrogen (secondary N) is 2. The zero-order valence-corrected chi connectivity index (χ0v) is 28.0. The Morgan fingerprint density at radius 2 is 1.76 bits per heavy atom. The number of carbonyl (C=O) groups excluding carboxylic acids is 1. The van der Waals surface area contributed by atoms with Crippen LogP contribution in [0.2, 0.25) is 5.02 Å². The van der Waals surface area contributed by atoms with Crippen LogP contribution in [-0.2, 0) is 4.74 Å². The molecule has 0 unspecified atom stereocenters. The van der Waals surface area contributed by atoms with Crippen molar-refractivity contribution >= 4 is 34.5 Å². The van der Waals surface area contributed by atoms with Crippen molar-refractivity contribution in [3.8, 4) is 11.3 Å². The van der Waals surface area contributed by atoms with Gasteiger partial charge in [0.25, 0.3) is 0 Å². The van der Waals surface area contributed by atoms with Crippen LogP contribution in [0.15, 0.2) is 36.7 Å². The molecule has 1 aromatic carbocycles. The highest BCUT2D eigenvalue weighted by molar-refractivity contribution is 6.33. The predicted octanol–water partition coefficient (Wildman–Crippen LogP) is 6.90. The second kappa shape index (κ2) is 14.3. The first-order valence-electron chi connectivity index (χ1n) is 17.0. The van der Waals surface area contributed by atoms with Crippen LogP contribution in [0.4, 0.5) is 10.7 Å². The Kier molecular flexibility index (Phi) is 10.2. The van der Waals surface area contributed by atoms with Gasteiger partial charge < -0.3 is 29.7 Å². The molecule has 1 amide bonds. The smallest absolute Gasteiger partial charge is 0.410 e. The second-order valence-corrected chi connectivity index (χ2v) is 14.8. The number of halogens is 1. The van der Waals surface area contributed by atoms with Crippen molar-refractivity contribution in [1.29, 1.82) is 0 Å². The van der Waals surface area contributed by atoms with Gasteiger partial charge >= 0.3 is 6.09 Å². The van der Waals surface area contributed by atoms with Gasteiger partial charge in [0.2, 0.25) is 5.95 Å². The van der Waals surface area contributed by atoms with Crippen LogP contribution in [0.25, 0.3) is 22.2 Å². The van der Waals surface area contributed by atoms with Crippen molar-refractivity contribution in [3.05, 3.63) is 41.7 Å². The highest BCUT2D eigenvalue weighted by Crippen LogP contribution is 2.33. The number of rotatable bonds is 9. The fourth-order valence-electron chi connectivity index (χ4n) is 7.28. The number of H-pyrrole nitrogens is 1. The Balaban J connectivity index is 0.876. The van der Waals surface area contributed by atoms with Crippen LogP contribution in [0, 0.1) is 11.8 Å². The second-order valence-electron chi connectivity index (χ2n) is 14.4. The minimum atomic E-state index is -0.426. The third kappa shape index (κ3) is 8.48. The standard InChI is InChI=1S/C35H50ClN7O2/c1-35(2,3)45-34(44)43-19-12-26(13-20-43)23-42-16-10-25(11-17-42)7-6-15-41-18-14-27(24-41)39-33-38-22-30(36)32(40-33)29-21-37-31-9-5-4-8-28(29)31/h4-5,8-9,21-22,25-27,37H,6-7,10-20,23-24H2,1-3H3,(H,38,39,40)/t27-/m1/s1. The van der Waals surface area contributed by atoms with E-state index in [0.717, 1.165) is 80.1 Å². The Labute approximate surface area is 273 Å². The van der Waals surface area contributed by atoms with E-state index in [1.165, 1.54) is 45.3 Å². The first-order chi connectivity index (χ1) is 21.7. The molecule has 3 aliphatic heterocycles. The van der Waals surface area contributed by atoms with Crippen molar-refractivity contribution in [3.63, 3.8) is 0 Å². The monoisotopic (exact) mass is 635 g/mol. The minimum absolute atomic E-state index is 0.158. The molecule has 3 aliphatic rings. The van der Waals surface area contributed by atoms with Crippen molar-refractivity contribution < 1.29 is 9.53 Å². The number of amides is 1. The lowest BCUT2D eigenvalue weighted by atomic mass is 9.90. The molecule has 5 heterocycles. The van der Waals surface area contributed by atoms with Gasteiger partial charge in [-0.1, -0.05) is 29.8 Å². The van der Waals surface area contributed by atoms with Gasteiger partial charge in [0.05, 0.1) is 16.9 Å². The molecule has 3 saturated heterocycles. The summed E-state index contributed by atoms with van der Waals surface area (Å²) in [6.45, 7) is 14.4. The summed E-state index contributed by atoms with van der Waals surface area (Å²) in [4.78, 5) is 32.2. The molecule has 2 aromatic heterocycles. The lowest BCUT2D eigenvalue weighted by Gasteiger charge is -2.38. The number of likely N-dealkylation sites (tertiary alicyclic amines) is 3. The predicted molar refractivity (Wildman–Crippen MR) is 182 cm³/mol. The number of hydrogen-bond donors (Lipinski definition) is 2. The van der Waals surface area contributed by atoms with Crippen LogP contribution in [0.3, 0.4) is 0 Å². The van der Waals surface area contributed by atoms with Gasteiger partial charge in [0.15, 0.2) is 0 Å². The maximum Gasteiger partial charge on any atom is 0.410 e. The van der Waals surface area contributed by atoms with Crippen LogP contribution < -0.4 is 5.32 Å². The van der Waals surface area contributed by atoms with E-state index in [4.69, 9.17) is 21.3 Å². The first-order valence-corrected chi connectivity index (χ1v) is 17.4. The van der Waals surface area contributed by atoms with E-state index >= 15 is 0 Å². The summed E-state index contributed by atoms with van der Waals surface area (Å²) in [5.74, 6) is 2.18. The normalized spacial score (nSPS) is 21.1. The number of para-hydroxylation sites is 1. The lowest BCUT2D eigenvalue weighted by molar-refractivity contribution is 0.0163. The summed E-state index contributed by atoms with van der Waals surface area (Å²) in [5, 5.41) is 5.25. The third-order valence-electron chi connectivity index (χ3n) is 9.77. The Hall–Kier alpha value is -2.88. The summed E-state index contributed by atoms with van der Waals surface area (Å²) in [6.07, 6.45) is 12.0. The molecule has 0 radical (unpaired) electrons. The Morgan fingerprint density at radius 3 is 2.53 bits per heavy atom. The summed E-state index contributed by atoms with van der Waals surface area (Å²) in [6, 6.07) is 8.56. The zero-order valence-electron chi connectivity index (χ0n) is 27.2. The molecule has 1 atom stereocenters. The molecule has 6 rings (SSSR count). The molecule has 0 aliphatic carbocycles. The number of hydrogen-bond acceptors (Lipinski definition) is 7. The number of piperidine rings is 2. The van der Waals surface area contributed by atoms with E-state index in [1.54, 1.807) is 6.20 Å². The van der Waals surface area contributed by atoms with Gasteiger partial charge in [-0.25, -0.2) is 14.8 Å². The fraction of sp³-hybridized carbons (Fsp3) is 0.629. The Bertz CT molecular complexity index is 1420. The molecule has 0 spiro atoms. The third-order valence-corrected chi connectivity index (χ3v) is 10.0. The number of carbonyl (C=O) groups is 1. The SMILES string of the molecule is CC(C)(C)OC(=O)N1CCC(CN2CCC(CCCN3CC[C@@H](Nc4ncc(Cl)c(-c5c[nH]c6ccccc56)n4)C3)CC2)CC1. The molecular weight excluding hydrogens is 586 g/mol. The molecule has 3 aromatic rings. The molecule has 2 N–H and O–H groups in total. The van der Waals surface area contributed by atoms with Crippen LogP contribution in [-0.4, -0.2) is 99.7 Å². The number of ether oxygens (including phenoxy) is 1. The van der Waals surface area contributed by atoms with Gasteiger partial charge in [-0.15, -0.1) is 0 Å². The van der Waals surface area contributed by atoms with Crippen LogP contribution in [0.1, 0.15) is 65.7 Å². The zero-order chi connectivity index (χ0) is 31.4. The van der Waals surface area contributed by atoms with Gasteiger partial charge in [-0.05, 0) is 103 Å². The molecular formula is C35H50ClN7O2. The highest BCUT2D eigenvalue weighted by Gasteiger charge is 2.29. The van der Waals surface area contributed by atoms with E-state index in [1.807, 2.05) is 44.0 Å². The molecule has 0 saturated carbocycles. The van der Waals surface area contributed by atoms with Crippen molar-refractivity contribution in [2.24, 2.45) is 11.8 Å². The Morgan fingerprint density at radius 1 is 1.02 bits per heavy atom. The number of anilines is 1. The fourth-order valence-corrected chi connectivity index (χ4v) is 7.47. The number of benzene rings is 1. The van der Waals surface area contributed by atoms with Crippen LogP contribution in [0.5, 0.6) is 0 Å². The van der Waals surface area contributed by atoms with Crippen LogP contribution >= 0.6 is 11.6 Å². The van der Waals surface area contributed by atoms with Crippen molar-refractivity contribution in [2.45, 2.75) is 77.4 Å². The summed E-state index contributed by atoms with van der Waals surface area (Å²) in [7, 11) is 0. The highest BCUT2D eigenvalue weighted by atomic mass is 35.5. The molecule has 3 fully saturated rings. The number of fused-ring (bicyclic) bond motifs is 1. The quantitative estimate of drug-likeness (QED) is 0.264. The molecule has 0 bridgehead atoms. The van der Waals surface area contributed by atoms with E-state index in [2.05, 4.69) is 37.2 Å². The lowest BCUT2D eigenvalue weighted by Crippen LogP contribution is -2.44. The topological polar surface area (TPSA) is 89.6 Å². The summed E-state index contributed by atoms with van der Waals surface area (Å²) < 4.78 is 5.56. The maximum atomic E-state index is 12.4. The van der Waals surface area contributed by atoms with Crippen molar-refractivity contribution in [1.82, 2.24) is 29.7 Å². The van der Waals surface area contributed by atoms with E-state index in [9.17, 15) is 4.79 Å². The molecule has 10 heteroatoms. The van der Waals surface area contributed by atoms with Crippen molar-refractivity contribution in [2.75, 3.05) is 57.7 Å². The van der Waals surface area contributed by atoms with Gasteiger partial charge in [-0.3, -0.25) is 0 Å². The van der Waals surface area contributed by atoms with Gasteiger partial charge in [-0.2, -0.15) is 0 Å². The summed E-state index contributed by atoms with van der Waals surface area (Å²) in [5.41, 5.74) is 2.41. The first kappa shape index (κ1) is 32.1. The molecule has 45 heavy (non-hydrogen) atoms.